The maximum atomic E-state index is 12.7. The molecule has 33 heavy (non-hydrogen) atoms. The van der Waals surface area contributed by atoms with E-state index in [1.165, 1.54) is 13.2 Å². The van der Waals surface area contributed by atoms with Crippen LogP contribution in [0.3, 0.4) is 0 Å². The van der Waals surface area contributed by atoms with E-state index in [2.05, 4.69) is 10.3 Å². The summed E-state index contributed by atoms with van der Waals surface area (Å²) in [7, 11) is 1.36. The van der Waals surface area contributed by atoms with Gasteiger partial charge in [-0.1, -0.05) is 18.2 Å². The highest BCUT2D eigenvalue weighted by atomic mass is 19.4. The van der Waals surface area contributed by atoms with E-state index in [1.807, 2.05) is 17.0 Å². The summed E-state index contributed by atoms with van der Waals surface area (Å²) in [6.45, 7) is 1.70. The highest BCUT2D eigenvalue weighted by Crippen LogP contribution is 2.30. The van der Waals surface area contributed by atoms with Gasteiger partial charge in [-0.25, -0.2) is 9.78 Å². The van der Waals surface area contributed by atoms with Crippen LogP contribution in [0.2, 0.25) is 0 Å². The third-order valence-electron chi connectivity index (χ3n) is 5.86. The first-order valence-corrected chi connectivity index (χ1v) is 11.0. The lowest BCUT2D eigenvalue weighted by Crippen LogP contribution is -2.41. The molecule has 0 saturated carbocycles. The van der Waals surface area contributed by atoms with Crippen molar-refractivity contribution in [1.29, 1.82) is 0 Å². The van der Waals surface area contributed by atoms with Gasteiger partial charge in [0.1, 0.15) is 5.82 Å². The number of aryl methyl sites for hydroxylation is 1. The summed E-state index contributed by atoms with van der Waals surface area (Å²) in [5.41, 5.74) is 0.729. The molecule has 1 fully saturated rings. The second-order valence-corrected chi connectivity index (χ2v) is 8.06. The molecule has 0 aliphatic carbocycles. The Balaban J connectivity index is 1.37. The minimum absolute atomic E-state index is 0.00462. The molecule has 1 aromatic carbocycles. The maximum absolute atomic E-state index is 12.7. The number of benzene rings is 1. The van der Waals surface area contributed by atoms with Crippen LogP contribution in [0.1, 0.15) is 47.2 Å². The Labute approximate surface area is 191 Å². The number of hydrogen-bond acceptors (Lipinski definition) is 5. The molecule has 0 bridgehead atoms. The van der Waals surface area contributed by atoms with Gasteiger partial charge < -0.3 is 15.0 Å². The van der Waals surface area contributed by atoms with Crippen LogP contribution in [0.25, 0.3) is 0 Å². The van der Waals surface area contributed by atoms with Gasteiger partial charge in [0, 0.05) is 31.7 Å². The first-order valence-electron chi connectivity index (χ1n) is 11.0. The van der Waals surface area contributed by atoms with Crippen molar-refractivity contribution >= 4 is 17.7 Å². The Hall–Kier alpha value is -3.10. The number of ether oxygens (including phenoxy) is 1. The third kappa shape index (κ3) is 6.69. The first kappa shape index (κ1) is 24.5. The fourth-order valence-corrected chi connectivity index (χ4v) is 3.96. The van der Waals surface area contributed by atoms with Gasteiger partial charge in [-0.3, -0.25) is 4.79 Å². The number of rotatable bonds is 8. The van der Waals surface area contributed by atoms with Gasteiger partial charge in [-0.2, -0.15) is 13.2 Å². The highest BCUT2D eigenvalue weighted by molar-refractivity contribution is 5.90. The number of esters is 1. The number of carbonyl (C=O) groups is 2. The quantitative estimate of drug-likeness (QED) is 0.468. The van der Waals surface area contributed by atoms with Crippen LogP contribution >= 0.6 is 0 Å². The zero-order chi connectivity index (χ0) is 23.8. The van der Waals surface area contributed by atoms with E-state index >= 15 is 0 Å². The molecule has 0 unspecified atom stereocenters. The molecule has 1 amide bonds. The van der Waals surface area contributed by atoms with Crippen molar-refractivity contribution in [3.05, 3.63) is 59.3 Å². The van der Waals surface area contributed by atoms with Crippen LogP contribution in [0.15, 0.2) is 42.6 Å². The topological polar surface area (TPSA) is 71.5 Å². The number of pyridine rings is 1. The number of halogens is 3. The summed E-state index contributed by atoms with van der Waals surface area (Å²) in [6.07, 6.45) is 0.0304. The minimum Gasteiger partial charge on any atom is -0.465 e. The van der Waals surface area contributed by atoms with E-state index in [0.29, 0.717) is 43.9 Å². The van der Waals surface area contributed by atoms with Crippen molar-refractivity contribution in [2.45, 2.75) is 38.3 Å². The summed E-state index contributed by atoms with van der Waals surface area (Å²) in [4.78, 5) is 30.1. The van der Waals surface area contributed by atoms with Gasteiger partial charge in [0.15, 0.2) is 0 Å². The summed E-state index contributed by atoms with van der Waals surface area (Å²) < 4.78 is 42.9. The third-order valence-corrected chi connectivity index (χ3v) is 5.86. The van der Waals surface area contributed by atoms with Crippen molar-refractivity contribution in [1.82, 2.24) is 10.3 Å². The second-order valence-electron chi connectivity index (χ2n) is 8.06. The van der Waals surface area contributed by atoms with Gasteiger partial charge in [-0.15, -0.1) is 0 Å². The molecule has 9 heteroatoms. The molecule has 0 radical (unpaired) electrons. The molecule has 1 saturated heterocycles. The normalized spacial score (nSPS) is 14.7. The molecular formula is C24H28F3N3O3. The molecular weight excluding hydrogens is 435 g/mol. The number of nitrogens with zero attached hydrogens (tertiary/aromatic N) is 2. The Morgan fingerprint density at radius 3 is 2.48 bits per heavy atom. The summed E-state index contributed by atoms with van der Waals surface area (Å²) in [6, 6.07) is 9.75. The molecule has 2 heterocycles. The number of alkyl halides is 3. The first-order chi connectivity index (χ1) is 15.8. The lowest BCUT2D eigenvalue weighted by Gasteiger charge is -2.32. The number of methoxy groups -OCH3 is 1. The van der Waals surface area contributed by atoms with Crippen molar-refractivity contribution in [2.24, 2.45) is 5.92 Å². The lowest BCUT2D eigenvalue weighted by molar-refractivity contribution is -0.137. The number of piperidine rings is 1. The van der Waals surface area contributed by atoms with Crippen molar-refractivity contribution in [3.63, 3.8) is 0 Å². The Bertz CT molecular complexity index is 940. The molecule has 1 N–H and O–H groups in total. The number of carbonyl (C=O) groups excluding carboxylic acids is 2. The number of anilines is 1. The van der Waals surface area contributed by atoms with Crippen molar-refractivity contribution in [2.75, 3.05) is 31.6 Å². The van der Waals surface area contributed by atoms with Gasteiger partial charge >= 0.3 is 12.1 Å². The molecule has 6 nitrogen and oxygen atoms in total. The fraction of sp³-hybridized carbons (Fsp3) is 0.458. The number of unbranched alkanes of at least 4 members (excludes halogenated alkanes) is 1. The highest BCUT2D eigenvalue weighted by Gasteiger charge is 2.31. The van der Waals surface area contributed by atoms with E-state index in [4.69, 9.17) is 4.74 Å². The number of aromatic nitrogens is 1. The number of hydrogen-bond donors (Lipinski definition) is 1. The van der Waals surface area contributed by atoms with E-state index in [9.17, 15) is 22.8 Å². The van der Waals surface area contributed by atoms with Crippen LogP contribution in [0.5, 0.6) is 0 Å². The van der Waals surface area contributed by atoms with Gasteiger partial charge in [-0.05, 0) is 55.9 Å². The standard InChI is InChI=1S/C24H28F3N3O3/c1-33-23(32)20-8-3-2-6-17(20)7-4-5-13-28-22(31)18-11-14-30(15-12-18)21-10-9-19(16-29-21)24(25,26)27/h2-3,6,8-10,16,18H,4-5,7,11-15H2,1H3,(H,28,31). The molecule has 3 rings (SSSR count). The number of nitrogens with one attached hydrogen (secondary N) is 1. The van der Waals surface area contributed by atoms with Crippen LogP contribution in [0, 0.1) is 5.92 Å². The average Bonchev–Trinajstić information content (AvgIpc) is 2.83. The van der Waals surface area contributed by atoms with Crippen LogP contribution < -0.4 is 10.2 Å². The van der Waals surface area contributed by atoms with E-state index in [1.54, 1.807) is 12.1 Å². The number of amides is 1. The lowest BCUT2D eigenvalue weighted by atomic mass is 9.95. The minimum atomic E-state index is -4.40. The largest absolute Gasteiger partial charge is 0.465 e. The SMILES string of the molecule is COC(=O)c1ccccc1CCCCNC(=O)C1CCN(c2ccc(C(F)(F)F)cn2)CC1. The maximum Gasteiger partial charge on any atom is 0.417 e. The van der Waals surface area contributed by atoms with Gasteiger partial charge in [0.2, 0.25) is 5.91 Å². The fourth-order valence-electron chi connectivity index (χ4n) is 3.96. The smallest absolute Gasteiger partial charge is 0.417 e. The van der Waals surface area contributed by atoms with E-state index in [0.717, 1.165) is 37.1 Å². The Morgan fingerprint density at radius 1 is 1.12 bits per heavy atom. The predicted molar refractivity (Wildman–Crippen MR) is 118 cm³/mol. The molecule has 0 atom stereocenters. The molecule has 1 aliphatic heterocycles. The van der Waals surface area contributed by atoms with Crippen molar-refractivity contribution in [3.8, 4) is 0 Å². The summed E-state index contributed by atoms with van der Waals surface area (Å²) in [5.74, 6) is 0.0339. The van der Waals surface area contributed by atoms with E-state index in [-0.39, 0.29) is 17.8 Å². The molecule has 1 aliphatic rings. The summed E-state index contributed by atoms with van der Waals surface area (Å²) in [5, 5.41) is 2.98. The van der Waals surface area contributed by atoms with Crippen LogP contribution in [-0.2, 0) is 22.1 Å². The monoisotopic (exact) mass is 463 g/mol. The summed E-state index contributed by atoms with van der Waals surface area (Å²) >= 11 is 0. The van der Waals surface area contributed by atoms with Gasteiger partial charge in [0.25, 0.3) is 0 Å². The molecule has 1 aromatic heterocycles. The van der Waals surface area contributed by atoms with Gasteiger partial charge in [0.05, 0.1) is 18.2 Å². The Morgan fingerprint density at radius 2 is 1.85 bits per heavy atom. The molecule has 178 valence electrons. The Kier molecular flexibility index (Phi) is 8.30. The van der Waals surface area contributed by atoms with Crippen molar-refractivity contribution < 1.29 is 27.5 Å². The van der Waals surface area contributed by atoms with Crippen LogP contribution in [0.4, 0.5) is 19.0 Å². The zero-order valence-corrected chi connectivity index (χ0v) is 18.5. The second kappa shape index (κ2) is 11.2. The van der Waals surface area contributed by atoms with Crippen LogP contribution in [-0.4, -0.2) is 43.6 Å². The average molecular weight is 464 g/mol. The molecule has 2 aromatic rings. The zero-order valence-electron chi connectivity index (χ0n) is 18.5. The predicted octanol–water partition coefficient (Wildman–Crippen LogP) is 4.24. The molecule has 0 spiro atoms. The van der Waals surface area contributed by atoms with E-state index < -0.39 is 11.7 Å².